The first kappa shape index (κ1) is 17.6. The van der Waals surface area contributed by atoms with Crippen LogP contribution in [-0.4, -0.2) is 53.4 Å². The molecule has 2 unspecified atom stereocenters. The lowest BCUT2D eigenvalue weighted by Crippen LogP contribution is -2.41. The second-order valence-corrected chi connectivity index (χ2v) is 8.40. The van der Waals surface area contributed by atoms with E-state index >= 15 is 0 Å². The van der Waals surface area contributed by atoms with Gasteiger partial charge in [0.2, 0.25) is 0 Å². The Hall–Kier alpha value is -1.85. The van der Waals surface area contributed by atoms with Crippen LogP contribution in [0.2, 0.25) is 0 Å². The summed E-state index contributed by atoms with van der Waals surface area (Å²) in [4.78, 5) is 21.8. The molecule has 0 radical (unpaired) electrons. The maximum absolute atomic E-state index is 13.0. The molecule has 2 atom stereocenters. The molecule has 3 aliphatic heterocycles. The Morgan fingerprint density at radius 1 is 1.12 bits per heavy atom. The minimum Gasteiger partial charge on any atom is -0.337 e. The largest absolute Gasteiger partial charge is 0.337 e. The van der Waals surface area contributed by atoms with E-state index in [2.05, 4.69) is 34.0 Å². The van der Waals surface area contributed by atoms with Gasteiger partial charge in [0.1, 0.15) is 0 Å². The van der Waals surface area contributed by atoms with Crippen molar-refractivity contribution in [3.63, 3.8) is 0 Å². The predicted molar refractivity (Wildman–Crippen MR) is 105 cm³/mol. The fourth-order valence-corrected chi connectivity index (χ4v) is 4.82. The minimum absolute atomic E-state index is 0.182. The fraction of sp³-hybridized carbons (Fsp3) is 0.429. The third-order valence-electron chi connectivity index (χ3n) is 5.50. The summed E-state index contributed by atoms with van der Waals surface area (Å²) in [5.74, 6) is 1.67. The number of aromatic nitrogens is 1. The van der Waals surface area contributed by atoms with Gasteiger partial charge in [-0.15, -0.1) is 11.8 Å². The molecule has 0 N–H and O–H groups in total. The molecule has 3 fully saturated rings. The minimum atomic E-state index is 0.182. The number of piperidine rings is 1. The zero-order chi connectivity index (χ0) is 17.9. The van der Waals surface area contributed by atoms with Crippen molar-refractivity contribution in [1.82, 2.24) is 14.8 Å². The standard InChI is InChI=1S/C21H25N3OS/c1-23-12-17-7-10-19(23)14-24(13-17)21(25)18-8-5-16(6-9-18)15-26-20-4-2-3-11-22-20/h2-6,8-9,11,17,19H,7,10,12-15H2,1H3. The first-order valence-corrected chi connectivity index (χ1v) is 10.3. The fourth-order valence-electron chi connectivity index (χ4n) is 4.00. The highest BCUT2D eigenvalue weighted by atomic mass is 32.2. The van der Waals surface area contributed by atoms with Gasteiger partial charge in [0, 0.05) is 43.2 Å². The van der Waals surface area contributed by atoms with Crippen LogP contribution in [0.4, 0.5) is 0 Å². The Labute approximate surface area is 159 Å². The molecule has 0 saturated carbocycles. The van der Waals surface area contributed by atoms with E-state index in [1.165, 1.54) is 18.4 Å². The van der Waals surface area contributed by atoms with E-state index < -0.39 is 0 Å². The molecule has 4 heterocycles. The van der Waals surface area contributed by atoms with Crippen molar-refractivity contribution in [3.05, 3.63) is 59.8 Å². The number of carbonyl (C=O) groups excluding carboxylic acids is 1. The third kappa shape index (κ3) is 3.94. The van der Waals surface area contributed by atoms with Gasteiger partial charge in [0.25, 0.3) is 5.91 Å². The van der Waals surface area contributed by atoms with Crippen LogP contribution in [0.15, 0.2) is 53.7 Å². The second kappa shape index (κ2) is 7.80. The number of fused-ring (bicyclic) bond motifs is 4. The van der Waals surface area contributed by atoms with Crippen LogP contribution in [0, 0.1) is 5.92 Å². The summed E-state index contributed by atoms with van der Waals surface area (Å²) >= 11 is 1.72. The van der Waals surface area contributed by atoms with Crippen molar-refractivity contribution >= 4 is 17.7 Å². The first-order chi connectivity index (χ1) is 12.7. The molecule has 0 spiro atoms. The zero-order valence-electron chi connectivity index (χ0n) is 15.2. The summed E-state index contributed by atoms with van der Waals surface area (Å²) in [6.07, 6.45) is 4.28. The van der Waals surface area contributed by atoms with Gasteiger partial charge in [-0.2, -0.15) is 0 Å². The van der Waals surface area contributed by atoms with Crippen LogP contribution in [0.25, 0.3) is 0 Å². The number of nitrogens with zero attached hydrogens (tertiary/aromatic N) is 3. The molecule has 2 bridgehead atoms. The molecule has 1 amide bonds. The van der Waals surface area contributed by atoms with E-state index in [1.807, 2.05) is 36.5 Å². The molecule has 2 aromatic rings. The Bertz CT molecular complexity index is 750. The van der Waals surface area contributed by atoms with Crippen molar-refractivity contribution in [2.24, 2.45) is 5.92 Å². The maximum Gasteiger partial charge on any atom is 0.253 e. The second-order valence-electron chi connectivity index (χ2n) is 7.40. The monoisotopic (exact) mass is 367 g/mol. The van der Waals surface area contributed by atoms with Crippen LogP contribution < -0.4 is 0 Å². The van der Waals surface area contributed by atoms with Crippen molar-refractivity contribution in [2.45, 2.75) is 29.7 Å². The summed E-state index contributed by atoms with van der Waals surface area (Å²) in [6, 6.07) is 14.6. The van der Waals surface area contributed by atoms with Crippen LogP contribution >= 0.6 is 11.8 Å². The Kier molecular flexibility index (Phi) is 5.27. The first-order valence-electron chi connectivity index (χ1n) is 9.31. The highest BCUT2D eigenvalue weighted by Crippen LogP contribution is 2.28. The van der Waals surface area contributed by atoms with Crippen molar-refractivity contribution in [3.8, 4) is 0 Å². The van der Waals surface area contributed by atoms with Gasteiger partial charge in [-0.25, -0.2) is 4.98 Å². The van der Waals surface area contributed by atoms with Crippen molar-refractivity contribution in [1.29, 1.82) is 0 Å². The zero-order valence-corrected chi connectivity index (χ0v) is 16.0. The number of hydrogen-bond acceptors (Lipinski definition) is 4. The number of hydrogen-bond donors (Lipinski definition) is 0. The topological polar surface area (TPSA) is 36.4 Å². The molecule has 26 heavy (non-hydrogen) atoms. The summed E-state index contributed by atoms with van der Waals surface area (Å²) < 4.78 is 0. The average Bonchev–Trinajstić information content (AvgIpc) is 2.98. The molecule has 0 aliphatic carbocycles. The van der Waals surface area contributed by atoms with Gasteiger partial charge in [0.15, 0.2) is 0 Å². The van der Waals surface area contributed by atoms with E-state index in [0.29, 0.717) is 12.0 Å². The summed E-state index contributed by atoms with van der Waals surface area (Å²) in [7, 11) is 2.19. The molecule has 5 heteroatoms. The predicted octanol–water partition coefficient (Wildman–Crippen LogP) is 3.54. The number of benzene rings is 1. The van der Waals surface area contributed by atoms with Crippen molar-refractivity contribution in [2.75, 3.05) is 26.7 Å². The quantitative estimate of drug-likeness (QED) is 0.775. The van der Waals surface area contributed by atoms with Gasteiger partial charge < -0.3 is 9.80 Å². The normalized spacial score (nSPS) is 23.0. The van der Waals surface area contributed by atoms with Gasteiger partial charge in [-0.05, 0) is 55.6 Å². The van der Waals surface area contributed by atoms with Crippen LogP contribution in [-0.2, 0) is 5.75 Å². The lowest BCUT2D eigenvalue weighted by atomic mass is 9.96. The molecule has 5 rings (SSSR count). The Morgan fingerprint density at radius 3 is 2.69 bits per heavy atom. The third-order valence-corrected chi connectivity index (χ3v) is 6.51. The Balaban J connectivity index is 1.39. The smallest absolute Gasteiger partial charge is 0.253 e. The number of thioether (sulfide) groups is 1. The molecule has 136 valence electrons. The number of pyridine rings is 1. The highest BCUT2D eigenvalue weighted by Gasteiger charge is 2.34. The van der Waals surface area contributed by atoms with Crippen LogP contribution in [0.3, 0.4) is 0 Å². The number of carbonyl (C=O) groups is 1. The average molecular weight is 368 g/mol. The molecular weight excluding hydrogens is 342 g/mol. The molecule has 3 saturated heterocycles. The SMILES string of the molecule is CN1CC2CCC1CN(C(=O)c1ccc(CSc3ccccn3)cc1)C2. The lowest BCUT2D eigenvalue weighted by Gasteiger charge is -2.32. The van der Waals surface area contributed by atoms with E-state index in [-0.39, 0.29) is 5.91 Å². The van der Waals surface area contributed by atoms with Gasteiger partial charge in [-0.1, -0.05) is 18.2 Å². The number of amides is 1. The van der Waals surface area contributed by atoms with Gasteiger partial charge in [-0.3, -0.25) is 4.79 Å². The van der Waals surface area contributed by atoms with E-state index in [9.17, 15) is 4.79 Å². The van der Waals surface area contributed by atoms with E-state index in [0.717, 1.165) is 36.0 Å². The van der Waals surface area contributed by atoms with E-state index in [1.54, 1.807) is 11.8 Å². The van der Waals surface area contributed by atoms with Gasteiger partial charge >= 0.3 is 0 Å². The summed E-state index contributed by atoms with van der Waals surface area (Å²) in [5.41, 5.74) is 2.02. The number of likely N-dealkylation sites (N-methyl/N-ethyl adjacent to an activating group) is 1. The van der Waals surface area contributed by atoms with Gasteiger partial charge in [0.05, 0.1) is 5.03 Å². The van der Waals surface area contributed by atoms with Crippen LogP contribution in [0.1, 0.15) is 28.8 Å². The summed E-state index contributed by atoms with van der Waals surface area (Å²) in [6.45, 7) is 2.89. The maximum atomic E-state index is 13.0. The lowest BCUT2D eigenvalue weighted by molar-refractivity contribution is 0.0742. The molecule has 4 nitrogen and oxygen atoms in total. The van der Waals surface area contributed by atoms with E-state index in [4.69, 9.17) is 0 Å². The molecule has 3 aliphatic rings. The summed E-state index contributed by atoms with van der Waals surface area (Å²) in [5, 5.41) is 1.02. The molecular formula is C21H25N3OS. The molecule has 1 aromatic carbocycles. The number of rotatable bonds is 4. The highest BCUT2D eigenvalue weighted by molar-refractivity contribution is 7.98. The van der Waals surface area contributed by atoms with Crippen LogP contribution in [0.5, 0.6) is 0 Å². The Morgan fingerprint density at radius 2 is 1.96 bits per heavy atom. The van der Waals surface area contributed by atoms with Crippen molar-refractivity contribution < 1.29 is 4.79 Å². The molecule has 1 aromatic heterocycles.